The van der Waals surface area contributed by atoms with Crippen LogP contribution in [0.15, 0.2) is 55.9 Å². The number of piperidine rings is 1. The van der Waals surface area contributed by atoms with Gasteiger partial charge < -0.3 is 15.0 Å². The Morgan fingerprint density at radius 3 is 2.90 bits per heavy atom. The number of fused-ring (bicyclic) bond motifs is 2. The highest BCUT2D eigenvalue weighted by Crippen LogP contribution is 2.43. The highest BCUT2D eigenvalue weighted by atomic mass is 16.3. The van der Waals surface area contributed by atoms with Crippen LogP contribution in [0.4, 0.5) is 0 Å². The second-order valence-corrected chi connectivity index (χ2v) is 8.56. The number of nitrogens with one attached hydrogen (secondary N) is 1. The number of nitrogens with zero attached hydrogens (tertiary/aromatic N) is 4. The van der Waals surface area contributed by atoms with Crippen LogP contribution in [0.1, 0.15) is 38.3 Å². The zero-order valence-corrected chi connectivity index (χ0v) is 16.5. The number of hydrogen-bond acceptors (Lipinski definition) is 5. The second kappa shape index (κ2) is 6.81. The van der Waals surface area contributed by atoms with Crippen molar-refractivity contribution in [1.82, 2.24) is 24.8 Å². The molecule has 6 heteroatoms. The van der Waals surface area contributed by atoms with Gasteiger partial charge in [-0.3, -0.25) is 9.97 Å². The molecule has 3 atom stereocenters. The van der Waals surface area contributed by atoms with Gasteiger partial charge in [-0.05, 0) is 56.2 Å². The van der Waals surface area contributed by atoms with Crippen molar-refractivity contribution in [3.63, 3.8) is 0 Å². The predicted octanol–water partition coefficient (Wildman–Crippen LogP) is 3.97. The van der Waals surface area contributed by atoms with E-state index < -0.39 is 0 Å². The fraction of sp³-hybridized carbons (Fsp3) is 0.348. The van der Waals surface area contributed by atoms with Gasteiger partial charge in [-0.15, -0.1) is 0 Å². The lowest BCUT2D eigenvalue weighted by Gasteiger charge is -2.37. The second-order valence-electron chi connectivity index (χ2n) is 8.56. The SMILES string of the molecule is C=C(c1cnc(-c2ccc(-n3ccnc3)cc2O)cn1)[C@@H]1CC2CC[C@@](C)(C1)N2. The van der Waals surface area contributed by atoms with Crippen molar-refractivity contribution in [3.05, 3.63) is 61.6 Å². The smallest absolute Gasteiger partial charge is 0.127 e. The lowest BCUT2D eigenvalue weighted by molar-refractivity contribution is 0.261. The highest BCUT2D eigenvalue weighted by molar-refractivity contribution is 5.69. The van der Waals surface area contributed by atoms with Crippen LogP contribution >= 0.6 is 0 Å². The standard InChI is InChI=1S/C23H25N5O/c1-15(16-9-17-5-6-23(2,11-16)27-17)20-12-26-21(13-25-20)19-4-3-18(10-22(19)29)28-8-7-24-14-28/h3-4,7-8,10,12-14,16-17,27,29H,1,5-6,9,11H2,2H3/t16-,17?,23+/m1/s1. The maximum Gasteiger partial charge on any atom is 0.127 e. The molecule has 29 heavy (non-hydrogen) atoms. The van der Waals surface area contributed by atoms with Gasteiger partial charge in [-0.1, -0.05) is 6.58 Å². The van der Waals surface area contributed by atoms with E-state index in [0.717, 1.165) is 29.8 Å². The number of aromatic hydroxyl groups is 1. The van der Waals surface area contributed by atoms with Crippen molar-refractivity contribution >= 4 is 5.57 Å². The van der Waals surface area contributed by atoms with Gasteiger partial charge in [0.2, 0.25) is 0 Å². The number of allylic oxidation sites excluding steroid dienone is 1. The van der Waals surface area contributed by atoms with Crippen molar-refractivity contribution in [2.45, 2.75) is 44.2 Å². The minimum absolute atomic E-state index is 0.167. The lowest BCUT2D eigenvalue weighted by atomic mass is 9.80. The van der Waals surface area contributed by atoms with Crippen molar-refractivity contribution < 1.29 is 5.11 Å². The summed E-state index contributed by atoms with van der Waals surface area (Å²) in [6.07, 6.45) is 13.5. The number of hydrogen-bond donors (Lipinski definition) is 2. The molecule has 2 bridgehead atoms. The van der Waals surface area contributed by atoms with Gasteiger partial charge in [0.1, 0.15) is 5.75 Å². The molecule has 2 saturated heterocycles. The Balaban J connectivity index is 1.36. The molecule has 2 aromatic heterocycles. The highest BCUT2D eigenvalue weighted by Gasteiger charge is 2.42. The number of benzene rings is 1. The van der Waals surface area contributed by atoms with Crippen LogP contribution in [0.2, 0.25) is 0 Å². The number of phenols is 1. The molecule has 0 spiro atoms. The van der Waals surface area contributed by atoms with Crippen LogP contribution in [0.5, 0.6) is 5.75 Å². The summed E-state index contributed by atoms with van der Waals surface area (Å²) in [7, 11) is 0. The number of aromatic nitrogens is 4. The summed E-state index contributed by atoms with van der Waals surface area (Å²) in [5.74, 6) is 0.608. The Morgan fingerprint density at radius 2 is 2.21 bits per heavy atom. The van der Waals surface area contributed by atoms with Crippen LogP contribution in [-0.2, 0) is 0 Å². The lowest BCUT2D eigenvalue weighted by Crippen LogP contribution is -2.47. The fourth-order valence-electron chi connectivity index (χ4n) is 4.85. The minimum atomic E-state index is 0.167. The average Bonchev–Trinajstić information content (AvgIpc) is 3.35. The first-order valence-electron chi connectivity index (χ1n) is 10.1. The Hall–Kier alpha value is -2.99. The topological polar surface area (TPSA) is 75.9 Å². The third-order valence-corrected chi connectivity index (χ3v) is 6.40. The van der Waals surface area contributed by atoms with Crippen LogP contribution in [-0.4, -0.2) is 36.2 Å². The quantitative estimate of drug-likeness (QED) is 0.708. The molecule has 1 unspecified atom stereocenters. The first-order chi connectivity index (χ1) is 14.0. The third kappa shape index (κ3) is 3.34. The summed E-state index contributed by atoms with van der Waals surface area (Å²) in [4.78, 5) is 13.2. The summed E-state index contributed by atoms with van der Waals surface area (Å²) in [6.45, 7) is 6.67. The van der Waals surface area contributed by atoms with Crippen LogP contribution in [0, 0.1) is 5.92 Å². The van der Waals surface area contributed by atoms with Crippen molar-refractivity contribution in [1.29, 1.82) is 0 Å². The summed E-state index contributed by atoms with van der Waals surface area (Å²) < 4.78 is 1.84. The van der Waals surface area contributed by atoms with E-state index in [9.17, 15) is 5.11 Å². The first kappa shape index (κ1) is 18.1. The molecule has 0 amide bonds. The van der Waals surface area contributed by atoms with E-state index in [2.05, 4.69) is 33.8 Å². The Morgan fingerprint density at radius 1 is 1.31 bits per heavy atom. The van der Waals surface area contributed by atoms with E-state index in [1.165, 1.54) is 12.8 Å². The van der Waals surface area contributed by atoms with Gasteiger partial charge in [0.15, 0.2) is 0 Å². The molecule has 2 N–H and O–H groups in total. The molecule has 6 nitrogen and oxygen atoms in total. The zero-order valence-electron chi connectivity index (χ0n) is 16.5. The van der Waals surface area contributed by atoms with E-state index in [1.54, 1.807) is 31.0 Å². The van der Waals surface area contributed by atoms with Gasteiger partial charge in [0, 0.05) is 35.6 Å². The molecule has 2 aliphatic heterocycles. The molecule has 0 aliphatic carbocycles. The van der Waals surface area contributed by atoms with Crippen LogP contribution < -0.4 is 5.32 Å². The molecule has 3 aromatic rings. The van der Waals surface area contributed by atoms with Crippen LogP contribution in [0.25, 0.3) is 22.5 Å². The van der Waals surface area contributed by atoms with E-state index >= 15 is 0 Å². The predicted molar refractivity (Wildman–Crippen MR) is 113 cm³/mol. The van der Waals surface area contributed by atoms with Gasteiger partial charge >= 0.3 is 0 Å². The number of imidazole rings is 1. The third-order valence-electron chi connectivity index (χ3n) is 6.40. The average molecular weight is 387 g/mol. The maximum absolute atomic E-state index is 10.5. The molecule has 5 rings (SSSR count). The van der Waals surface area contributed by atoms with Gasteiger partial charge in [-0.25, -0.2) is 4.98 Å². The number of rotatable bonds is 4. The van der Waals surface area contributed by atoms with Crippen molar-refractivity contribution in [3.8, 4) is 22.7 Å². The molecular formula is C23H25N5O. The Labute approximate surface area is 170 Å². The van der Waals surface area contributed by atoms with E-state index in [4.69, 9.17) is 0 Å². The summed E-state index contributed by atoms with van der Waals surface area (Å²) in [6, 6.07) is 6.08. The monoisotopic (exact) mass is 387 g/mol. The van der Waals surface area contributed by atoms with E-state index in [1.807, 2.05) is 22.9 Å². The minimum Gasteiger partial charge on any atom is -0.507 e. The molecule has 4 heterocycles. The van der Waals surface area contributed by atoms with E-state index in [0.29, 0.717) is 23.2 Å². The molecule has 1 aromatic carbocycles. The molecule has 0 radical (unpaired) electrons. The van der Waals surface area contributed by atoms with Gasteiger partial charge in [0.25, 0.3) is 0 Å². The fourth-order valence-corrected chi connectivity index (χ4v) is 4.85. The molecule has 2 aliphatic rings. The normalized spacial score (nSPS) is 25.8. The zero-order chi connectivity index (χ0) is 20.0. The summed E-state index contributed by atoms with van der Waals surface area (Å²) >= 11 is 0. The Bertz CT molecular complexity index is 1040. The summed E-state index contributed by atoms with van der Waals surface area (Å²) in [5.41, 5.74) is 4.30. The molecule has 2 fully saturated rings. The van der Waals surface area contributed by atoms with Crippen molar-refractivity contribution in [2.24, 2.45) is 5.92 Å². The molecule has 148 valence electrons. The van der Waals surface area contributed by atoms with Crippen molar-refractivity contribution in [2.75, 3.05) is 0 Å². The first-order valence-corrected chi connectivity index (χ1v) is 10.1. The maximum atomic E-state index is 10.5. The number of phenolic OH excluding ortho intramolecular Hbond substituents is 1. The van der Waals surface area contributed by atoms with Crippen LogP contribution in [0.3, 0.4) is 0 Å². The summed E-state index contributed by atoms with van der Waals surface area (Å²) in [5, 5.41) is 14.2. The van der Waals surface area contributed by atoms with E-state index in [-0.39, 0.29) is 11.3 Å². The Kier molecular flexibility index (Phi) is 4.24. The largest absolute Gasteiger partial charge is 0.507 e. The molecular weight excluding hydrogens is 362 g/mol. The van der Waals surface area contributed by atoms with Gasteiger partial charge in [0.05, 0.1) is 35.8 Å². The molecule has 0 saturated carbocycles. The van der Waals surface area contributed by atoms with Gasteiger partial charge in [-0.2, -0.15) is 0 Å².